The molecule has 2 aromatic rings. The number of benzene rings is 2. The van der Waals surface area contributed by atoms with Crippen molar-refractivity contribution in [3.05, 3.63) is 71.3 Å². The van der Waals surface area contributed by atoms with Crippen LogP contribution in [-0.4, -0.2) is 25.0 Å². The predicted molar refractivity (Wildman–Crippen MR) is 82.5 cm³/mol. The van der Waals surface area contributed by atoms with Gasteiger partial charge in [-0.15, -0.1) is 0 Å². The van der Waals surface area contributed by atoms with Crippen molar-refractivity contribution in [2.45, 2.75) is 19.8 Å². The first-order valence-electron chi connectivity index (χ1n) is 7.02. The van der Waals surface area contributed by atoms with E-state index < -0.39 is 0 Å². The molecule has 0 aliphatic rings. The standard InChI is InChI=1S/C18H23N/c1-16-7-6-10-18(15-16)12-14-19(2)13-11-17-8-4-3-5-9-17/h3-10,15H,11-14H2,1-2H3. The van der Waals surface area contributed by atoms with Gasteiger partial charge in [0.05, 0.1) is 0 Å². The summed E-state index contributed by atoms with van der Waals surface area (Å²) >= 11 is 0. The van der Waals surface area contributed by atoms with E-state index in [0.717, 1.165) is 25.9 Å². The van der Waals surface area contributed by atoms with Gasteiger partial charge < -0.3 is 4.90 Å². The first-order valence-corrected chi connectivity index (χ1v) is 7.02. The zero-order chi connectivity index (χ0) is 13.5. The van der Waals surface area contributed by atoms with Gasteiger partial charge in [0.25, 0.3) is 0 Å². The Morgan fingerprint density at radius 1 is 0.789 bits per heavy atom. The second-order valence-electron chi connectivity index (χ2n) is 5.28. The Balaban J connectivity index is 1.74. The molecule has 0 aliphatic heterocycles. The molecule has 0 amide bonds. The molecule has 0 spiro atoms. The number of hydrogen-bond acceptors (Lipinski definition) is 1. The third kappa shape index (κ3) is 4.88. The van der Waals surface area contributed by atoms with Gasteiger partial charge in [-0.05, 0) is 37.9 Å². The first kappa shape index (κ1) is 13.8. The maximum absolute atomic E-state index is 2.41. The van der Waals surface area contributed by atoms with Gasteiger partial charge in [0.2, 0.25) is 0 Å². The normalized spacial score (nSPS) is 10.9. The Morgan fingerprint density at radius 2 is 1.42 bits per heavy atom. The molecular formula is C18H23N. The van der Waals surface area contributed by atoms with Crippen LogP contribution in [0.15, 0.2) is 54.6 Å². The molecule has 1 nitrogen and oxygen atoms in total. The quantitative estimate of drug-likeness (QED) is 0.758. The minimum atomic E-state index is 1.12. The monoisotopic (exact) mass is 253 g/mol. The van der Waals surface area contributed by atoms with E-state index in [1.807, 2.05) is 0 Å². The molecule has 0 unspecified atom stereocenters. The molecule has 0 heterocycles. The number of aryl methyl sites for hydroxylation is 1. The molecule has 0 bridgehead atoms. The lowest BCUT2D eigenvalue weighted by Crippen LogP contribution is -2.23. The number of likely N-dealkylation sites (N-methyl/N-ethyl adjacent to an activating group) is 1. The van der Waals surface area contributed by atoms with Crippen molar-refractivity contribution in [1.82, 2.24) is 4.90 Å². The summed E-state index contributed by atoms with van der Waals surface area (Å²) in [7, 11) is 2.21. The smallest absolute Gasteiger partial charge is 0.00189 e. The van der Waals surface area contributed by atoms with Gasteiger partial charge in [-0.3, -0.25) is 0 Å². The van der Waals surface area contributed by atoms with Crippen LogP contribution in [0.5, 0.6) is 0 Å². The van der Waals surface area contributed by atoms with E-state index in [1.165, 1.54) is 16.7 Å². The van der Waals surface area contributed by atoms with Gasteiger partial charge in [-0.25, -0.2) is 0 Å². The molecule has 0 fully saturated rings. The molecule has 0 saturated heterocycles. The average Bonchev–Trinajstić information content (AvgIpc) is 2.44. The zero-order valence-corrected chi connectivity index (χ0v) is 12.0. The Morgan fingerprint density at radius 3 is 2.11 bits per heavy atom. The van der Waals surface area contributed by atoms with Crippen LogP contribution in [0.2, 0.25) is 0 Å². The summed E-state index contributed by atoms with van der Waals surface area (Å²) in [6.07, 6.45) is 2.26. The molecule has 2 aromatic carbocycles. The average molecular weight is 253 g/mol. The summed E-state index contributed by atoms with van der Waals surface area (Å²) in [5, 5.41) is 0. The topological polar surface area (TPSA) is 3.24 Å². The van der Waals surface area contributed by atoms with Crippen molar-refractivity contribution >= 4 is 0 Å². The van der Waals surface area contributed by atoms with Crippen molar-refractivity contribution in [1.29, 1.82) is 0 Å². The molecule has 0 N–H and O–H groups in total. The van der Waals surface area contributed by atoms with Crippen molar-refractivity contribution in [3.8, 4) is 0 Å². The molecule has 100 valence electrons. The lowest BCUT2D eigenvalue weighted by molar-refractivity contribution is 0.343. The fourth-order valence-corrected chi connectivity index (χ4v) is 2.26. The van der Waals surface area contributed by atoms with Crippen LogP contribution >= 0.6 is 0 Å². The third-order valence-corrected chi connectivity index (χ3v) is 3.49. The summed E-state index contributed by atoms with van der Waals surface area (Å²) in [6.45, 7) is 4.40. The number of nitrogens with zero attached hydrogens (tertiary/aromatic N) is 1. The largest absolute Gasteiger partial charge is 0.306 e. The first-order chi connectivity index (χ1) is 9.24. The highest BCUT2D eigenvalue weighted by molar-refractivity contribution is 5.22. The molecule has 1 heteroatoms. The lowest BCUT2D eigenvalue weighted by Gasteiger charge is -2.16. The second-order valence-corrected chi connectivity index (χ2v) is 5.28. The number of hydrogen-bond donors (Lipinski definition) is 0. The van der Waals surface area contributed by atoms with Crippen LogP contribution in [0.4, 0.5) is 0 Å². The maximum Gasteiger partial charge on any atom is 0.00189 e. The summed E-state index contributed by atoms with van der Waals surface area (Å²) in [5.41, 5.74) is 4.21. The van der Waals surface area contributed by atoms with Gasteiger partial charge in [-0.1, -0.05) is 60.2 Å². The van der Waals surface area contributed by atoms with Crippen LogP contribution < -0.4 is 0 Å². The summed E-state index contributed by atoms with van der Waals surface area (Å²) in [4.78, 5) is 2.41. The molecule has 0 saturated carbocycles. The van der Waals surface area contributed by atoms with Crippen LogP contribution in [0.3, 0.4) is 0 Å². The molecular weight excluding hydrogens is 230 g/mol. The molecule has 19 heavy (non-hydrogen) atoms. The molecule has 0 aliphatic carbocycles. The van der Waals surface area contributed by atoms with E-state index >= 15 is 0 Å². The van der Waals surface area contributed by atoms with Crippen molar-refractivity contribution in [2.24, 2.45) is 0 Å². The van der Waals surface area contributed by atoms with Crippen molar-refractivity contribution in [3.63, 3.8) is 0 Å². The zero-order valence-electron chi connectivity index (χ0n) is 12.0. The number of rotatable bonds is 6. The Hall–Kier alpha value is -1.60. The van der Waals surface area contributed by atoms with Crippen molar-refractivity contribution < 1.29 is 0 Å². The van der Waals surface area contributed by atoms with Gasteiger partial charge in [-0.2, -0.15) is 0 Å². The molecule has 0 atom stereocenters. The Bertz CT molecular complexity index is 490. The predicted octanol–water partition coefficient (Wildman–Crippen LogP) is 3.71. The van der Waals surface area contributed by atoms with E-state index in [4.69, 9.17) is 0 Å². The van der Waals surface area contributed by atoms with Crippen LogP contribution in [0.1, 0.15) is 16.7 Å². The summed E-state index contributed by atoms with van der Waals surface area (Å²) < 4.78 is 0. The second kappa shape index (κ2) is 7.10. The highest BCUT2D eigenvalue weighted by atomic mass is 15.1. The fraction of sp³-hybridized carbons (Fsp3) is 0.333. The van der Waals surface area contributed by atoms with Crippen LogP contribution in [-0.2, 0) is 12.8 Å². The molecule has 0 aromatic heterocycles. The van der Waals surface area contributed by atoms with E-state index in [-0.39, 0.29) is 0 Å². The van der Waals surface area contributed by atoms with E-state index in [1.54, 1.807) is 0 Å². The fourth-order valence-electron chi connectivity index (χ4n) is 2.26. The van der Waals surface area contributed by atoms with E-state index in [9.17, 15) is 0 Å². The maximum atomic E-state index is 2.41. The highest BCUT2D eigenvalue weighted by Crippen LogP contribution is 2.06. The third-order valence-electron chi connectivity index (χ3n) is 3.49. The minimum Gasteiger partial charge on any atom is -0.306 e. The minimum absolute atomic E-state index is 1.12. The SMILES string of the molecule is Cc1cccc(CCN(C)CCc2ccccc2)c1. The van der Waals surface area contributed by atoms with Gasteiger partial charge in [0.1, 0.15) is 0 Å². The van der Waals surface area contributed by atoms with Gasteiger partial charge in [0.15, 0.2) is 0 Å². The van der Waals surface area contributed by atoms with E-state index in [0.29, 0.717) is 0 Å². The van der Waals surface area contributed by atoms with Crippen LogP contribution in [0, 0.1) is 6.92 Å². The molecule has 2 rings (SSSR count). The van der Waals surface area contributed by atoms with Crippen molar-refractivity contribution in [2.75, 3.05) is 20.1 Å². The Labute approximate surface area is 116 Å². The molecule has 0 radical (unpaired) electrons. The lowest BCUT2D eigenvalue weighted by atomic mass is 10.1. The highest BCUT2D eigenvalue weighted by Gasteiger charge is 2.00. The Kier molecular flexibility index (Phi) is 5.17. The van der Waals surface area contributed by atoms with Crippen LogP contribution in [0.25, 0.3) is 0 Å². The summed E-state index contributed by atoms with van der Waals surface area (Å²) in [5.74, 6) is 0. The van der Waals surface area contributed by atoms with Gasteiger partial charge >= 0.3 is 0 Å². The van der Waals surface area contributed by atoms with Gasteiger partial charge in [0, 0.05) is 13.1 Å². The van der Waals surface area contributed by atoms with E-state index in [2.05, 4.69) is 73.5 Å². The summed E-state index contributed by atoms with van der Waals surface area (Å²) in [6, 6.07) is 19.5.